The summed E-state index contributed by atoms with van der Waals surface area (Å²) in [5.41, 5.74) is 10.6. The molecular weight excluding hydrogens is 440 g/mol. The van der Waals surface area contributed by atoms with E-state index in [2.05, 4.69) is 28.2 Å². The predicted molar refractivity (Wildman–Crippen MR) is 141 cm³/mol. The lowest BCUT2D eigenvalue weighted by atomic mass is 10.0. The third-order valence-corrected chi connectivity index (χ3v) is 6.89. The van der Waals surface area contributed by atoms with Crippen molar-refractivity contribution in [3.8, 4) is 0 Å². The van der Waals surface area contributed by atoms with E-state index >= 15 is 0 Å². The maximum atomic E-state index is 12.6. The number of pyridine rings is 1. The van der Waals surface area contributed by atoms with Crippen molar-refractivity contribution in [1.82, 2.24) is 20.1 Å². The fourth-order valence-corrected chi connectivity index (χ4v) is 5.12. The lowest BCUT2D eigenvalue weighted by Crippen LogP contribution is -2.48. The largest absolute Gasteiger partial charge is 0.404 e. The van der Waals surface area contributed by atoms with Crippen molar-refractivity contribution in [3.63, 3.8) is 0 Å². The topological polar surface area (TPSA) is 105 Å². The summed E-state index contributed by atoms with van der Waals surface area (Å²) in [5.74, 6) is 0.864. The van der Waals surface area contributed by atoms with Gasteiger partial charge in [-0.05, 0) is 56.6 Å². The van der Waals surface area contributed by atoms with Crippen LogP contribution in [0, 0.1) is 0 Å². The van der Waals surface area contributed by atoms with Gasteiger partial charge >= 0.3 is 0 Å². The van der Waals surface area contributed by atoms with E-state index in [4.69, 9.17) is 15.8 Å². The van der Waals surface area contributed by atoms with Gasteiger partial charge in [-0.15, -0.1) is 0 Å². The minimum Gasteiger partial charge on any atom is -0.404 e. The number of piperidine rings is 1. The number of aryl methyl sites for hydroxylation is 1. The number of nitrogens with zero attached hydrogens (tertiary/aromatic N) is 6. The molecule has 35 heavy (non-hydrogen) atoms. The summed E-state index contributed by atoms with van der Waals surface area (Å²) >= 11 is 0. The zero-order chi connectivity index (χ0) is 24.5. The van der Waals surface area contributed by atoms with Crippen LogP contribution in [-0.4, -0.2) is 58.6 Å². The van der Waals surface area contributed by atoms with Gasteiger partial charge in [0.25, 0.3) is 0 Å². The Labute approximate surface area is 205 Å². The molecule has 0 spiro atoms. The number of aromatic nitrogens is 3. The fourth-order valence-electron chi connectivity index (χ4n) is 5.12. The first kappa shape index (κ1) is 23.0. The molecule has 9 heteroatoms. The first-order chi connectivity index (χ1) is 17.0. The van der Waals surface area contributed by atoms with Gasteiger partial charge in [0.1, 0.15) is 0 Å². The second-order valence-corrected chi connectivity index (χ2v) is 9.27. The number of anilines is 3. The van der Waals surface area contributed by atoms with Crippen LogP contribution in [0.2, 0.25) is 0 Å². The molecule has 4 heterocycles. The molecule has 2 aliphatic heterocycles. The van der Waals surface area contributed by atoms with Gasteiger partial charge in [-0.25, -0.2) is 0 Å². The third kappa shape index (κ3) is 4.27. The summed E-state index contributed by atoms with van der Waals surface area (Å²) in [7, 11) is 1.92. The van der Waals surface area contributed by atoms with Gasteiger partial charge in [0, 0.05) is 50.1 Å². The van der Waals surface area contributed by atoms with Crippen molar-refractivity contribution in [2.45, 2.75) is 38.8 Å². The molecule has 5 rings (SSSR count). The molecule has 182 valence electrons. The Hall–Kier alpha value is -3.72. The number of nitrogens with one attached hydrogen (secondary N) is 1. The molecule has 0 radical (unpaired) electrons. The van der Waals surface area contributed by atoms with Crippen LogP contribution in [0.15, 0.2) is 47.9 Å². The Morgan fingerprint density at radius 1 is 1.23 bits per heavy atom. The zero-order valence-corrected chi connectivity index (χ0v) is 20.5. The van der Waals surface area contributed by atoms with Gasteiger partial charge in [-0.3, -0.25) is 19.5 Å². The molecular formula is C26H32N8O. The number of carbonyl (C=O) groups excluding carboxylic acids is 1. The summed E-state index contributed by atoms with van der Waals surface area (Å²) in [5, 5.41) is 9.23. The SMILES string of the molecule is CC(=O)N1c2ccc(C(C=NC3CCNCC3)=CN)cc2N(c2nn(C)c3cnccc23)C[C@@H]1C. The number of hydrogen-bond acceptors (Lipinski definition) is 7. The third-order valence-electron chi connectivity index (χ3n) is 6.89. The van der Waals surface area contributed by atoms with Crippen LogP contribution in [0.4, 0.5) is 17.2 Å². The second-order valence-electron chi connectivity index (χ2n) is 9.27. The summed E-state index contributed by atoms with van der Waals surface area (Å²) in [6.45, 7) is 6.28. The first-order valence-corrected chi connectivity index (χ1v) is 12.1. The minimum atomic E-state index is -0.0178. The number of amides is 1. The summed E-state index contributed by atoms with van der Waals surface area (Å²) in [4.78, 5) is 25.7. The van der Waals surface area contributed by atoms with E-state index in [0.29, 0.717) is 12.6 Å². The highest BCUT2D eigenvalue weighted by Crippen LogP contribution is 2.42. The average molecular weight is 473 g/mol. The minimum absolute atomic E-state index is 0.0169. The molecule has 1 amide bonds. The van der Waals surface area contributed by atoms with Crippen molar-refractivity contribution in [1.29, 1.82) is 0 Å². The van der Waals surface area contributed by atoms with Crippen LogP contribution >= 0.6 is 0 Å². The quantitative estimate of drug-likeness (QED) is 0.566. The fraction of sp³-hybridized carbons (Fsp3) is 0.385. The first-order valence-electron chi connectivity index (χ1n) is 12.1. The molecule has 0 unspecified atom stereocenters. The van der Waals surface area contributed by atoms with Crippen LogP contribution in [0.3, 0.4) is 0 Å². The van der Waals surface area contributed by atoms with Gasteiger partial charge < -0.3 is 20.9 Å². The van der Waals surface area contributed by atoms with E-state index in [-0.39, 0.29) is 11.9 Å². The number of hydrogen-bond donors (Lipinski definition) is 2. The van der Waals surface area contributed by atoms with Crippen LogP contribution in [-0.2, 0) is 11.8 Å². The number of fused-ring (bicyclic) bond motifs is 2. The Bertz CT molecular complexity index is 1300. The normalized spacial score (nSPS) is 19.5. The van der Waals surface area contributed by atoms with Gasteiger partial charge in [0.05, 0.1) is 35.2 Å². The molecule has 0 saturated carbocycles. The highest BCUT2D eigenvalue weighted by atomic mass is 16.2. The summed E-state index contributed by atoms with van der Waals surface area (Å²) < 4.78 is 1.85. The summed E-state index contributed by atoms with van der Waals surface area (Å²) in [6, 6.07) is 8.38. The van der Waals surface area contributed by atoms with Gasteiger partial charge in [0.2, 0.25) is 5.91 Å². The van der Waals surface area contributed by atoms with Crippen LogP contribution < -0.4 is 20.9 Å². The molecule has 0 bridgehead atoms. The molecule has 1 fully saturated rings. The Morgan fingerprint density at radius 2 is 2.03 bits per heavy atom. The van der Waals surface area contributed by atoms with E-state index in [9.17, 15) is 4.79 Å². The predicted octanol–water partition coefficient (Wildman–Crippen LogP) is 2.98. The molecule has 2 aliphatic rings. The van der Waals surface area contributed by atoms with Crippen molar-refractivity contribution >= 4 is 45.8 Å². The lowest BCUT2D eigenvalue weighted by molar-refractivity contribution is -0.117. The van der Waals surface area contributed by atoms with Crippen molar-refractivity contribution in [3.05, 3.63) is 48.4 Å². The molecule has 3 aromatic rings. The maximum absolute atomic E-state index is 12.6. The van der Waals surface area contributed by atoms with Crippen molar-refractivity contribution in [2.75, 3.05) is 29.4 Å². The number of aliphatic imine (C=N–C) groups is 1. The summed E-state index contributed by atoms with van der Waals surface area (Å²) in [6.07, 6.45) is 9.15. The highest BCUT2D eigenvalue weighted by Gasteiger charge is 2.33. The smallest absolute Gasteiger partial charge is 0.224 e. The Kier molecular flexibility index (Phi) is 6.25. The van der Waals surface area contributed by atoms with E-state index in [1.54, 1.807) is 19.3 Å². The van der Waals surface area contributed by atoms with Crippen molar-refractivity contribution < 1.29 is 4.79 Å². The number of benzene rings is 1. The van der Waals surface area contributed by atoms with Crippen LogP contribution in [0.1, 0.15) is 32.3 Å². The van der Waals surface area contributed by atoms with Gasteiger partial charge in [-0.1, -0.05) is 6.07 Å². The van der Waals surface area contributed by atoms with Gasteiger partial charge in [0.15, 0.2) is 5.82 Å². The number of rotatable bonds is 4. The van der Waals surface area contributed by atoms with E-state index in [0.717, 1.165) is 65.2 Å². The molecule has 9 nitrogen and oxygen atoms in total. The Balaban J connectivity index is 1.59. The van der Waals surface area contributed by atoms with E-state index in [1.807, 2.05) is 47.2 Å². The second kappa shape index (κ2) is 9.50. The van der Waals surface area contributed by atoms with Crippen molar-refractivity contribution in [2.24, 2.45) is 17.8 Å². The molecule has 1 saturated heterocycles. The number of nitrogens with two attached hydrogens (primary N) is 1. The number of carbonyl (C=O) groups is 1. The molecule has 1 atom stereocenters. The van der Waals surface area contributed by atoms with Gasteiger partial charge in [-0.2, -0.15) is 5.10 Å². The van der Waals surface area contributed by atoms with E-state index in [1.165, 1.54) is 0 Å². The number of allylic oxidation sites excluding steroid dienone is 1. The maximum Gasteiger partial charge on any atom is 0.224 e. The lowest BCUT2D eigenvalue weighted by Gasteiger charge is -2.41. The highest BCUT2D eigenvalue weighted by molar-refractivity contribution is 6.11. The monoisotopic (exact) mass is 472 g/mol. The average Bonchev–Trinajstić information content (AvgIpc) is 3.20. The Morgan fingerprint density at radius 3 is 2.77 bits per heavy atom. The standard InChI is InChI=1S/C26H32N8O/c1-17-16-33(26-22-8-11-29-15-25(22)32(3)31-26)24-12-19(4-5-23(24)34(17)18(2)35)20(13-27)14-30-21-6-9-28-10-7-21/h4-5,8,11-15,17,21,28H,6-7,9-10,16,27H2,1-3H3/t17-/m0/s1. The molecule has 2 aromatic heterocycles. The zero-order valence-electron chi connectivity index (χ0n) is 20.5. The van der Waals surface area contributed by atoms with Crippen LogP contribution in [0.25, 0.3) is 16.5 Å². The molecule has 1 aromatic carbocycles. The molecule has 3 N–H and O–H groups in total. The van der Waals surface area contributed by atoms with E-state index < -0.39 is 0 Å². The molecule has 0 aliphatic carbocycles. The van der Waals surface area contributed by atoms with Crippen LogP contribution in [0.5, 0.6) is 0 Å².